The highest BCUT2D eigenvalue weighted by molar-refractivity contribution is 7.80. The normalized spacial score (nSPS) is 11.5. The van der Waals surface area contributed by atoms with Gasteiger partial charge in [-0.3, -0.25) is 4.79 Å². The van der Waals surface area contributed by atoms with Crippen LogP contribution in [0, 0.1) is 0 Å². The molecule has 35 heavy (non-hydrogen) atoms. The minimum atomic E-state index is -0.384. The molecule has 1 aromatic carbocycles. The Kier molecular flexibility index (Phi) is 15.0. The summed E-state index contributed by atoms with van der Waals surface area (Å²) in [4.78, 5) is 19.1. The number of nitrogens with one attached hydrogen (secondary N) is 2. The second-order valence-corrected chi connectivity index (χ2v) is 9.94. The summed E-state index contributed by atoms with van der Waals surface area (Å²) in [6.45, 7) is 3.05. The Labute approximate surface area is 216 Å². The van der Waals surface area contributed by atoms with Crippen molar-refractivity contribution in [1.29, 1.82) is 0 Å². The first kappa shape index (κ1) is 29.0. The number of benzene rings is 1. The third kappa shape index (κ3) is 11.9. The standard InChI is InChI=1S/C29H45N3O2S/c1-2-3-4-5-6-7-8-9-10-11-12-13-14-15-16-19-22-30-29(35)31-23-25-27(33)24-20-17-18-21-26(24)32-28(25)34/h17-18,20-21,23H,2-16,19,22H2,1H3,(H,30,35)(H2,32,33,34)/b31-23+. The van der Waals surface area contributed by atoms with E-state index >= 15 is 0 Å². The number of thiocarbonyl (C=S) groups is 1. The van der Waals surface area contributed by atoms with Crippen molar-refractivity contribution in [2.75, 3.05) is 6.54 Å². The van der Waals surface area contributed by atoms with E-state index in [0.29, 0.717) is 16.0 Å². The molecular weight excluding hydrogens is 454 g/mol. The number of nitrogens with zero attached hydrogens (tertiary/aromatic N) is 1. The van der Waals surface area contributed by atoms with E-state index in [1.165, 1.54) is 103 Å². The van der Waals surface area contributed by atoms with Gasteiger partial charge < -0.3 is 15.4 Å². The van der Waals surface area contributed by atoms with Crippen LogP contribution in [0.25, 0.3) is 10.9 Å². The Morgan fingerprint density at radius 1 is 0.886 bits per heavy atom. The van der Waals surface area contributed by atoms with Crippen LogP contribution >= 0.6 is 12.2 Å². The average Bonchev–Trinajstić information content (AvgIpc) is 2.85. The van der Waals surface area contributed by atoms with E-state index in [1.807, 2.05) is 12.1 Å². The van der Waals surface area contributed by atoms with E-state index in [4.69, 9.17) is 12.2 Å². The smallest absolute Gasteiger partial charge is 0.261 e. The van der Waals surface area contributed by atoms with Crippen molar-refractivity contribution in [2.45, 2.75) is 110 Å². The van der Waals surface area contributed by atoms with Crippen molar-refractivity contribution in [3.8, 4) is 5.75 Å². The third-order valence-electron chi connectivity index (χ3n) is 6.55. The number of fused-ring (bicyclic) bond motifs is 1. The maximum Gasteiger partial charge on any atom is 0.261 e. The van der Waals surface area contributed by atoms with E-state index in [9.17, 15) is 9.90 Å². The lowest BCUT2D eigenvalue weighted by Crippen LogP contribution is -2.21. The predicted molar refractivity (Wildman–Crippen MR) is 154 cm³/mol. The number of H-pyrrole nitrogens is 1. The molecular formula is C29H45N3O2S. The van der Waals surface area contributed by atoms with Crippen LogP contribution in [-0.2, 0) is 0 Å². The Hall–Kier alpha value is -2.21. The molecule has 194 valence electrons. The van der Waals surface area contributed by atoms with Gasteiger partial charge in [0.05, 0.1) is 5.52 Å². The van der Waals surface area contributed by atoms with Gasteiger partial charge in [0.1, 0.15) is 11.3 Å². The van der Waals surface area contributed by atoms with Crippen LogP contribution in [0.3, 0.4) is 0 Å². The third-order valence-corrected chi connectivity index (χ3v) is 6.80. The molecule has 0 saturated heterocycles. The lowest BCUT2D eigenvalue weighted by molar-refractivity contribution is 0.479. The van der Waals surface area contributed by atoms with Gasteiger partial charge in [-0.05, 0) is 30.8 Å². The summed E-state index contributed by atoms with van der Waals surface area (Å²) in [5.74, 6) is -0.0753. The minimum Gasteiger partial charge on any atom is -0.506 e. The molecule has 0 aliphatic carbocycles. The number of aromatic nitrogens is 1. The van der Waals surface area contributed by atoms with Crippen molar-refractivity contribution in [2.24, 2.45) is 4.99 Å². The molecule has 0 amide bonds. The molecule has 3 N–H and O–H groups in total. The number of aromatic amines is 1. The van der Waals surface area contributed by atoms with Crippen LogP contribution in [0.2, 0.25) is 0 Å². The Morgan fingerprint density at radius 2 is 1.40 bits per heavy atom. The molecule has 6 heteroatoms. The second kappa shape index (κ2) is 18.1. The molecule has 0 spiro atoms. The summed E-state index contributed by atoms with van der Waals surface area (Å²) < 4.78 is 0. The highest BCUT2D eigenvalue weighted by atomic mass is 32.1. The summed E-state index contributed by atoms with van der Waals surface area (Å²) >= 11 is 5.24. The molecule has 0 bridgehead atoms. The zero-order chi connectivity index (χ0) is 25.1. The molecule has 2 rings (SSSR count). The van der Waals surface area contributed by atoms with Gasteiger partial charge in [0, 0.05) is 18.1 Å². The van der Waals surface area contributed by atoms with Crippen molar-refractivity contribution >= 4 is 34.4 Å². The highest BCUT2D eigenvalue weighted by Crippen LogP contribution is 2.23. The zero-order valence-electron chi connectivity index (χ0n) is 21.6. The number of aromatic hydroxyl groups is 1. The van der Waals surface area contributed by atoms with E-state index in [0.717, 1.165) is 13.0 Å². The average molecular weight is 500 g/mol. The fourth-order valence-electron chi connectivity index (χ4n) is 4.40. The molecule has 0 atom stereocenters. The molecule has 0 fully saturated rings. The Balaban J connectivity index is 1.46. The summed E-state index contributed by atoms with van der Waals surface area (Å²) in [5.41, 5.74) is 0.331. The van der Waals surface area contributed by atoms with Crippen molar-refractivity contribution in [1.82, 2.24) is 10.3 Å². The van der Waals surface area contributed by atoms with Gasteiger partial charge in [-0.15, -0.1) is 0 Å². The van der Waals surface area contributed by atoms with Gasteiger partial charge in [-0.25, -0.2) is 4.99 Å². The zero-order valence-corrected chi connectivity index (χ0v) is 22.4. The van der Waals surface area contributed by atoms with Gasteiger partial charge in [0.25, 0.3) is 5.56 Å². The second-order valence-electron chi connectivity index (χ2n) is 9.56. The lowest BCUT2D eigenvalue weighted by atomic mass is 10.0. The largest absolute Gasteiger partial charge is 0.506 e. The topological polar surface area (TPSA) is 77.5 Å². The Bertz CT molecular complexity index is 955. The molecule has 1 heterocycles. The summed E-state index contributed by atoms with van der Waals surface area (Å²) in [6, 6.07) is 7.13. The number of pyridine rings is 1. The Morgan fingerprint density at radius 3 is 1.97 bits per heavy atom. The first-order chi connectivity index (χ1) is 17.1. The first-order valence-electron chi connectivity index (χ1n) is 13.8. The van der Waals surface area contributed by atoms with Crippen LogP contribution in [0.1, 0.15) is 115 Å². The minimum absolute atomic E-state index is 0.0753. The fraction of sp³-hybridized carbons (Fsp3) is 0.621. The first-order valence-corrected chi connectivity index (χ1v) is 14.2. The number of aliphatic imine (C=N–C) groups is 1. The van der Waals surface area contributed by atoms with Gasteiger partial charge in [-0.2, -0.15) is 0 Å². The van der Waals surface area contributed by atoms with Crippen LogP contribution in [0.15, 0.2) is 34.1 Å². The monoisotopic (exact) mass is 499 g/mol. The molecule has 0 radical (unpaired) electrons. The fourth-order valence-corrected chi connectivity index (χ4v) is 4.55. The molecule has 2 aromatic rings. The van der Waals surface area contributed by atoms with Gasteiger partial charge in [0.15, 0.2) is 5.11 Å². The molecule has 0 saturated carbocycles. The molecule has 5 nitrogen and oxygen atoms in total. The predicted octanol–water partition coefficient (Wildman–Crippen LogP) is 7.79. The van der Waals surface area contributed by atoms with Crippen molar-refractivity contribution < 1.29 is 5.11 Å². The SMILES string of the molecule is CCCCCCCCCCCCCCCCCCNC(=S)/N=C/c1c(O)c2ccccc2[nH]c1=O. The van der Waals surface area contributed by atoms with Crippen molar-refractivity contribution in [3.05, 3.63) is 40.2 Å². The molecule has 0 aliphatic heterocycles. The van der Waals surface area contributed by atoms with Crippen LogP contribution in [-0.4, -0.2) is 28.0 Å². The summed E-state index contributed by atoms with van der Waals surface area (Å²) in [5, 5.41) is 14.4. The van der Waals surface area contributed by atoms with E-state index in [2.05, 4.69) is 22.2 Å². The molecule has 1 aromatic heterocycles. The van der Waals surface area contributed by atoms with Gasteiger partial charge in [0.2, 0.25) is 0 Å². The van der Waals surface area contributed by atoms with Gasteiger partial charge in [-0.1, -0.05) is 115 Å². The van der Waals surface area contributed by atoms with Crippen LogP contribution < -0.4 is 10.9 Å². The maximum atomic E-state index is 12.2. The summed E-state index contributed by atoms with van der Waals surface area (Å²) in [7, 11) is 0. The number of para-hydroxylation sites is 1. The summed E-state index contributed by atoms with van der Waals surface area (Å²) in [6.07, 6.45) is 22.9. The number of rotatable bonds is 18. The van der Waals surface area contributed by atoms with E-state index < -0.39 is 0 Å². The number of hydrogen-bond donors (Lipinski definition) is 3. The van der Waals surface area contributed by atoms with E-state index in [-0.39, 0.29) is 16.9 Å². The maximum absolute atomic E-state index is 12.2. The molecule has 0 aliphatic rings. The number of hydrogen-bond acceptors (Lipinski definition) is 3. The van der Waals surface area contributed by atoms with Crippen LogP contribution in [0.4, 0.5) is 0 Å². The van der Waals surface area contributed by atoms with E-state index in [1.54, 1.807) is 12.1 Å². The molecule has 0 unspecified atom stereocenters. The van der Waals surface area contributed by atoms with Gasteiger partial charge >= 0.3 is 0 Å². The highest BCUT2D eigenvalue weighted by Gasteiger charge is 2.09. The van der Waals surface area contributed by atoms with Crippen molar-refractivity contribution in [3.63, 3.8) is 0 Å². The lowest BCUT2D eigenvalue weighted by Gasteiger charge is -2.06. The quantitative estimate of drug-likeness (QED) is 0.111. The number of unbranched alkanes of at least 4 members (excludes halogenated alkanes) is 15. The van der Waals surface area contributed by atoms with Crippen LogP contribution in [0.5, 0.6) is 5.75 Å².